The molecule has 4 nitrogen and oxygen atoms in total. The van der Waals surface area contributed by atoms with E-state index in [9.17, 15) is 0 Å². The van der Waals surface area contributed by atoms with Crippen LogP contribution in [0.4, 0.5) is 0 Å². The Kier molecular flexibility index (Phi) is 6.88. The molecule has 0 amide bonds. The number of benzene rings is 3. The summed E-state index contributed by atoms with van der Waals surface area (Å²) in [6.45, 7) is 11.0. The third-order valence-corrected chi connectivity index (χ3v) is 7.48. The van der Waals surface area contributed by atoms with Crippen molar-refractivity contribution in [2.24, 2.45) is 5.92 Å². The largest absolute Gasteiger partial charge is 0.300 e. The second-order valence-electron chi connectivity index (χ2n) is 9.67. The molecule has 0 spiro atoms. The quantitative estimate of drug-likeness (QED) is 0.592. The number of nitrogens with zero attached hydrogens (tertiary/aromatic N) is 2. The van der Waals surface area contributed by atoms with Crippen molar-refractivity contribution in [1.82, 2.24) is 20.7 Å². The summed E-state index contributed by atoms with van der Waals surface area (Å²) in [6.07, 6.45) is 0. The molecule has 0 aromatic heterocycles. The minimum Gasteiger partial charge on any atom is -0.300 e. The first-order valence-corrected chi connectivity index (χ1v) is 12.3. The molecule has 0 saturated carbocycles. The SMILES string of the molecule is Cc1ccc(C2NNCC2CN2CCN(C(c3ccccc3)c3ccccc3)CC2)cc1C. The highest BCUT2D eigenvalue weighted by Crippen LogP contribution is 2.31. The summed E-state index contributed by atoms with van der Waals surface area (Å²) >= 11 is 0. The van der Waals surface area contributed by atoms with E-state index in [0.717, 1.165) is 39.3 Å². The van der Waals surface area contributed by atoms with Crippen molar-refractivity contribution < 1.29 is 0 Å². The molecule has 2 saturated heterocycles. The van der Waals surface area contributed by atoms with Gasteiger partial charge in [0.25, 0.3) is 0 Å². The Morgan fingerprint density at radius 1 is 0.788 bits per heavy atom. The van der Waals surface area contributed by atoms with Crippen molar-refractivity contribution in [1.29, 1.82) is 0 Å². The van der Waals surface area contributed by atoms with Crippen LogP contribution in [0.15, 0.2) is 78.9 Å². The summed E-state index contributed by atoms with van der Waals surface area (Å²) < 4.78 is 0. The zero-order valence-corrected chi connectivity index (χ0v) is 19.9. The van der Waals surface area contributed by atoms with Crippen LogP contribution >= 0.6 is 0 Å². The monoisotopic (exact) mass is 440 g/mol. The van der Waals surface area contributed by atoms with Crippen LogP contribution in [-0.2, 0) is 0 Å². The van der Waals surface area contributed by atoms with Crippen LogP contribution in [0.3, 0.4) is 0 Å². The van der Waals surface area contributed by atoms with E-state index in [1.54, 1.807) is 0 Å². The van der Waals surface area contributed by atoms with Crippen molar-refractivity contribution in [3.8, 4) is 0 Å². The number of hydrogen-bond donors (Lipinski definition) is 2. The lowest BCUT2D eigenvalue weighted by Gasteiger charge is -2.40. The van der Waals surface area contributed by atoms with E-state index in [0.29, 0.717) is 18.0 Å². The lowest BCUT2D eigenvalue weighted by molar-refractivity contribution is 0.0969. The summed E-state index contributed by atoms with van der Waals surface area (Å²) in [5.74, 6) is 0.581. The standard InChI is InChI=1S/C29H36N4/c1-22-13-14-26(19-23(22)2)28-27(20-30-31-28)21-32-15-17-33(18-16-32)29(24-9-5-3-6-10-24)25-11-7-4-8-12-25/h3-14,19,27-31H,15-18,20-21H2,1-2H3. The van der Waals surface area contributed by atoms with Gasteiger partial charge in [-0.15, -0.1) is 0 Å². The predicted molar refractivity (Wildman–Crippen MR) is 136 cm³/mol. The molecule has 33 heavy (non-hydrogen) atoms. The van der Waals surface area contributed by atoms with Gasteiger partial charge < -0.3 is 4.90 Å². The minimum atomic E-state index is 0.327. The molecule has 2 N–H and O–H groups in total. The van der Waals surface area contributed by atoms with Crippen molar-refractivity contribution in [3.05, 3.63) is 107 Å². The Morgan fingerprint density at radius 3 is 2.03 bits per heavy atom. The molecule has 172 valence electrons. The van der Waals surface area contributed by atoms with Gasteiger partial charge in [0.2, 0.25) is 0 Å². The summed E-state index contributed by atoms with van der Waals surface area (Å²) in [5, 5.41) is 0. The van der Waals surface area contributed by atoms with Crippen LogP contribution in [0, 0.1) is 19.8 Å². The smallest absolute Gasteiger partial charge is 0.0602 e. The summed E-state index contributed by atoms with van der Waals surface area (Å²) in [4.78, 5) is 5.32. The molecule has 2 fully saturated rings. The number of piperazine rings is 1. The maximum atomic E-state index is 3.54. The molecule has 4 heteroatoms. The highest BCUT2D eigenvalue weighted by atomic mass is 15.4. The summed E-state index contributed by atoms with van der Waals surface area (Å²) in [7, 11) is 0. The molecule has 2 atom stereocenters. The molecule has 3 aromatic carbocycles. The Morgan fingerprint density at radius 2 is 1.42 bits per heavy atom. The van der Waals surface area contributed by atoms with Crippen molar-refractivity contribution in [2.45, 2.75) is 25.9 Å². The Hall–Kier alpha value is -2.50. The fraction of sp³-hybridized carbons (Fsp3) is 0.379. The minimum absolute atomic E-state index is 0.327. The van der Waals surface area contributed by atoms with E-state index in [4.69, 9.17) is 0 Å². The van der Waals surface area contributed by atoms with E-state index in [1.165, 1.54) is 27.8 Å². The van der Waals surface area contributed by atoms with Gasteiger partial charge in [-0.1, -0.05) is 78.9 Å². The number of aryl methyl sites for hydroxylation is 2. The Labute approximate surface area is 198 Å². The van der Waals surface area contributed by atoms with Crippen molar-refractivity contribution >= 4 is 0 Å². The van der Waals surface area contributed by atoms with Gasteiger partial charge in [-0.3, -0.25) is 10.3 Å². The first kappa shape index (κ1) is 22.3. The maximum absolute atomic E-state index is 3.54. The third kappa shape index (κ3) is 5.04. The van der Waals surface area contributed by atoms with Crippen LogP contribution in [0.1, 0.15) is 39.9 Å². The molecule has 5 rings (SSSR count). The molecule has 2 heterocycles. The predicted octanol–water partition coefficient (Wildman–Crippen LogP) is 4.48. The van der Waals surface area contributed by atoms with Gasteiger partial charge in [-0.05, 0) is 41.7 Å². The topological polar surface area (TPSA) is 30.5 Å². The molecule has 0 aliphatic carbocycles. The highest BCUT2D eigenvalue weighted by Gasteiger charge is 2.32. The first-order valence-electron chi connectivity index (χ1n) is 12.3. The van der Waals surface area contributed by atoms with Gasteiger partial charge in [-0.2, -0.15) is 0 Å². The normalized spacial score (nSPS) is 22.2. The zero-order chi connectivity index (χ0) is 22.6. The lowest BCUT2D eigenvalue weighted by Crippen LogP contribution is -2.49. The van der Waals surface area contributed by atoms with Crippen molar-refractivity contribution in [2.75, 3.05) is 39.3 Å². The number of rotatable bonds is 6. The van der Waals surface area contributed by atoms with E-state index < -0.39 is 0 Å². The average Bonchev–Trinajstić information content (AvgIpc) is 3.32. The van der Waals surface area contributed by atoms with E-state index in [2.05, 4.69) is 113 Å². The van der Waals surface area contributed by atoms with Gasteiger partial charge in [0.1, 0.15) is 0 Å². The molecule has 2 unspecified atom stereocenters. The molecular weight excluding hydrogens is 404 g/mol. The molecule has 2 aliphatic rings. The fourth-order valence-corrected chi connectivity index (χ4v) is 5.44. The summed E-state index contributed by atoms with van der Waals surface area (Å²) in [6, 6.07) is 29.6. The van der Waals surface area contributed by atoms with Gasteiger partial charge >= 0.3 is 0 Å². The van der Waals surface area contributed by atoms with Crippen molar-refractivity contribution in [3.63, 3.8) is 0 Å². The first-order chi connectivity index (χ1) is 16.2. The van der Waals surface area contributed by atoms with Crippen LogP contribution in [0.5, 0.6) is 0 Å². The van der Waals surface area contributed by atoms with Crippen LogP contribution in [0.25, 0.3) is 0 Å². The van der Waals surface area contributed by atoms with Crippen LogP contribution < -0.4 is 10.9 Å². The van der Waals surface area contributed by atoms with Gasteiger partial charge in [0.15, 0.2) is 0 Å². The zero-order valence-electron chi connectivity index (χ0n) is 19.9. The van der Waals surface area contributed by atoms with E-state index in [-0.39, 0.29) is 0 Å². The third-order valence-electron chi connectivity index (χ3n) is 7.48. The average molecular weight is 441 g/mol. The molecule has 0 radical (unpaired) electrons. The second-order valence-corrected chi connectivity index (χ2v) is 9.67. The molecule has 2 aliphatic heterocycles. The van der Waals surface area contributed by atoms with Gasteiger partial charge in [0.05, 0.1) is 12.1 Å². The highest BCUT2D eigenvalue weighted by molar-refractivity contribution is 5.33. The lowest BCUT2D eigenvalue weighted by atomic mass is 9.92. The van der Waals surface area contributed by atoms with Crippen LogP contribution in [0.2, 0.25) is 0 Å². The molecular formula is C29H36N4. The second kappa shape index (κ2) is 10.2. The number of hydrazine groups is 1. The summed E-state index contributed by atoms with van der Waals surface area (Å²) in [5.41, 5.74) is 13.9. The van der Waals surface area contributed by atoms with E-state index >= 15 is 0 Å². The van der Waals surface area contributed by atoms with E-state index in [1.807, 2.05) is 0 Å². The number of nitrogens with one attached hydrogen (secondary N) is 2. The maximum Gasteiger partial charge on any atom is 0.0602 e. The number of hydrogen-bond acceptors (Lipinski definition) is 4. The Bertz CT molecular complexity index is 989. The van der Waals surface area contributed by atoms with Gasteiger partial charge in [0, 0.05) is 45.2 Å². The molecule has 0 bridgehead atoms. The van der Waals surface area contributed by atoms with Gasteiger partial charge in [-0.25, -0.2) is 5.43 Å². The molecule has 3 aromatic rings. The fourth-order valence-electron chi connectivity index (χ4n) is 5.44. The van der Waals surface area contributed by atoms with Crippen LogP contribution in [-0.4, -0.2) is 49.1 Å². The Balaban J connectivity index is 1.25.